The van der Waals surface area contributed by atoms with Crippen LogP contribution in [0.5, 0.6) is 0 Å². The first-order valence-electron chi connectivity index (χ1n) is 9.24. The van der Waals surface area contributed by atoms with Gasteiger partial charge in [-0.2, -0.15) is 0 Å². The molecular formula is C20H29NO3. The summed E-state index contributed by atoms with van der Waals surface area (Å²) in [6, 6.07) is 10.7. The molecular weight excluding hydrogens is 302 g/mol. The lowest BCUT2D eigenvalue weighted by atomic mass is 9.72. The molecule has 0 spiro atoms. The molecule has 3 atom stereocenters. The average Bonchev–Trinajstić information content (AvgIpc) is 3.18. The Morgan fingerprint density at radius 2 is 2.12 bits per heavy atom. The highest BCUT2D eigenvalue weighted by Gasteiger charge is 2.55. The summed E-state index contributed by atoms with van der Waals surface area (Å²) < 4.78 is 5.67. The summed E-state index contributed by atoms with van der Waals surface area (Å²) in [5, 5.41) is 9.83. The standard InChI is InChI=1S/C20H29NO3/c1-2-20(15-22)13-17-10-11-18(20)21(17)19(23)9-6-12-24-14-16-7-4-3-5-8-16/h3-5,7-8,17-18,22H,2,6,9-15H2,1H3/t17-,18+,20-/m0/s1. The number of ether oxygens (including phenoxy) is 1. The molecule has 1 aromatic carbocycles. The number of carbonyl (C=O) groups is 1. The summed E-state index contributed by atoms with van der Waals surface area (Å²) in [6.45, 7) is 3.56. The summed E-state index contributed by atoms with van der Waals surface area (Å²) in [5.41, 5.74) is 1.11. The Hall–Kier alpha value is -1.39. The molecule has 0 aromatic heterocycles. The average molecular weight is 331 g/mol. The van der Waals surface area contributed by atoms with Crippen molar-refractivity contribution in [3.8, 4) is 0 Å². The van der Waals surface area contributed by atoms with Crippen LogP contribution in [0.1, 0.15) is 51.0 Å². The number of aliphatic hydroxyl groups is 1. The molecule has 2 saturated heterocycles. The minimum absolute atomic E-state index is 0.0532. The van der Waals surface area contributed by atoms with Crippen molar-refractivity contribution >= 4 is 5.91 Å². The molecule has 0 unspecified atom stereocenters. The Labute approximate surface area is 144 Å². The summed E-state index contributed by atoms with van der Waals surface area (Å²) >= 11 is 0. The van der Waals surface area contributed by atoms with Gasteiger partial charge in [0.2, 0.25) is 5.91 Å². The van der Waals surface area contributed by atoms with E-state index < -0.39 is 0 Å². The SMILES string of the molecule is CC[C@@]1(CO)C[C@@H]2CC[C@H]1N2C(=O)CCCOCc1ccccc1. The molecule has 132 valence electrons. The highest BCUT2D eigenvalue weighted by atomic mass is 16.5. The van der Waals surface area contributed by atoms with E-state index in [1.165, 1.54) is 0 Å². The van der Waals surface area contributed by atoms with Crippen molar-refractivity contribution in [1.29, 1.82) is 0 Å². The first-order chi connectivity index (χ1) is 11.7. The van der Waals surface area contributed by atoms with Crippen molar-refractivity contribution in [2.75, 3.05) is 13.2 Å². The molecule has 4 nitrogen and oxygen atoms in total. The smallest absolute Gasteiger partial charge is 0.223 e. The Balaban J connectivity index is 1.43. The molecule has 2 fully saturated rings. The van der Waals surface area contributed by atoms with Crippen LogP contribution in [0, 0.1) is 5.41 Å². The molecule has 4 heteroatoms. The molecule has 2 aliphatic rings. The molecule has 0 saturated carbocycles. The van der Waals surface area contributed by atoms with Crippen molar-refractivity contribution in [2.45, 2.75) is 64.1 Å². The maximum absolute atomic E-state index is 12.6. The fourth-order valence-corrected chi connectivity index (χ4v) is 4.55. The Morgan fingerprint density at radius 3 is 2.79 bits per heavy atom. The highest BCUT2D eigenvalue weighted by molar-refractivity contribution is 5.77. The van der Waals surface area contributed by atoms with Crippen LogP contribution in [0.25, 0.3) is 0 Å². The first-order valence-corrected chi connectivity index (χ1v) is 9.24. The summed E-state index contributed by atoms with van der Waals surface area (Å²) in [4.78, 5) is 14.7. The zero-order chi connectivity index (χ0) is 17.0. The fourth-order valence-electron chi connectivity index (χ4n) is 4.55. The van der Waals surface area contributed by atoms with Crippen LogP contribution in [-0.2, 0) is 16.1 Å². The monoisotopic (exact) mass is 331 g/mol. The number of carbonyl (C=O) groups excluding carboxylic acids is 1. The lowest BCUT2D eigenvalue weighted by Gasteiger charge is -2.34. The Bertz CT molecular complexity index is 541. The minimum atomic E-state index is -0.0532. The van der Waals surface area contributed by atoms with Crippen LogP contribution in [0.15, 0.2) is 30.3 Å². The number of hydrogen-bond acceptors (Lipinski definition) is 3. The molecule has 0 radical (unpaired) electrons. The van der Waals surface area contributed by atoms with Gasteiger partial charge in [-0.3, -0.25) is 4.79 Å². The lowest BCUT2D eigenvalue weighted by Crippen LogP contribution is -2.42. The maximum atomic E-state index is 12.6. The molecule has 2 heterocycles. The number of benzene rings is 1. The van der Waals surface area contributed by atoms with Gasteiger partial charge in [-0.25, -0.2) is 0 Å². The van der Waals surface area contributed by atoms with Gasteiger partial charge in [-0.15, -0.1) is 0 Å². The van der Waals surface area contributed by atoms with E-state index in [1.807, 2.05) is 30.3 Å². The van der Waals surface area contributed by atoms with E-state index in [2.05, 4.69) is 11.8 Å². The highest BCUT2D eigenvalue weighted by Crippen LogP contribution is 2.51. The molecule has 24 heavy (non-hydrogen) atoms. The Kier molecular flexibility index (Phi) is 5.57. The molecule has 2 aliphatic heterocycles. The van der Waals surface area contributed by atoms with Gasteiger partial charge < -0.3 is 14.7 Å². The van der Waals surface area contributed by atoms with Gasteiger partial charge in [0.15, 0.2) is 0 Å². The molecule has 1 amide bonds. The summed E-state index contributed by atoms with van der Waals surface area (Å²) in [7, 11) is 0. The van der Waals surface area contributed by atoms with E-state index in [-0.39, 0.29) is 24.0 Å². The zero-order valence-electron chi connectivity index (χ0n) is 14.6. The number of hydrogen-bond donors (Lipinski definition) is 1. The summed E-state index contributed by atoms with van der Waals surface area (Å²) in [6.07, 6.45) is 5.39. The van der Waals surface area contributed by atoms with Crippen molar-refractivity contribution in [3.05, 3.63) is 35.9 Å². The number of aliphatic hydroxyl groups excluding tert-OH is 1. The number of rotatable bonds is 8. The van der Waals surface area contributed by atoms with Crippen molar-refractivity contribution in [2.24, 2.45) is 5.41 Å². The van der Waals surface area contributed by atoms with Crippen LogP contribution in [0.3, 0.4) is 0 Å². The van der Waals surface area contributed by atoms with Crippen LogP contribution in [0.2, 0.25) is 0 Å². The molecule has 3 rings (SSSR count). The summed E-state index contributed by atoms with van der Waals surface area (Å²) in [5.74, 6) is 0.245. The van der Waals surface area contributed by atoms with Crippen LogP contribution >= 0.6 is 0 Å². The quantitative estimate of drug-likeness (QED) is 0.745. The van der Waals surface area contributed by atoms with Gasteiger partial charge in [0, 0.05) is 30.5 Å². The third-order valence-electron chi connectivity index (χ3n) is 5.95. The minimum Gasteiger partial charge on any atom is -0.396 e. The van der Waals surface area contributed by atoms with E-state index in [9.17, 15) is 9.90 Å². The van der Waals surface area contributed by atoms with Gasteiger partial charge in [0.25, 0.3) is 0 Å². The van der Waals surface area contributed by atoms with E-state index in [0.717, 1.165) is 37.7 Å². The largest absolute Gasteiger partial charge is 0.396 e. The predicted octanol–water partition coefficient (Wildman–Crippen LogP) is 3.14. The molecule has 2 bridgehead atoms. The van der Waals surface area contributed by atoms with Crippen molar-refractivity contribution < 1.29 is 14.6 Å². The lowest BCUT2D eigenvalue weighted by molar-refractivity contribution is -0.133. The van der Waals surface area contributed by atoms with E-state index >= 15 is 0 Å². The van der Waals surface area contributed by atoms with Crippen molar-refractivity contribution in [3.63, 3.8) is 0 Å². The molecule has 0 aliphatic carbocycles. The van der Waals surface area contributed by atoms with E-state index in [4.69, 9.17) is 4.74 Å². The van der Waals surface area contributed by atoms with Crippen LogP contribution in [-0.4, -0.2) is 41.2 Å². The molecule has 1 N–H and O–H groups in total. The van der Waals surface area contributed by atoms with Gasteiger partial charge in [-0.1, -0.05) is 37.3 Å². The fraction of sp³-hybridized carbons (Fsp3) is 0.650. The van der Waals surface area contributed by atoms with Gasteiger partial charge >= 0.3 is 0 Å². The molecule has 1 aromatic rings. The number of nitrogens with zero attached hydrogens (tertiary/aromatic N) is 1. The zero-order valence-corrected chi connectivity index (χ0v) is 14.6. The van der Waals surface area contributed by atoms with E-state index in [0.29, 0.717) is 25.7 Å². The van der Waals surface area contributed by atoms with Gasteiger partial charge in [-0.05, 0) is 37.7 Å². The number of fused-ring (bicyclic) bond motifs is 2. The first kappa shape index (κ1) is 17.4. The van der Waals surface area contributed by atoms with Crippen molar-refractivity contribution in [1.82, 2.24) is 4.90 Å². The van der Waals surface area contributed by atoms with Crippen LogP contribution < -0.4 is 0 Å². The third kappa shape index (κ3) is 3.35. The Morgan fingerprint density at radius 1 is 1.33 bits per heavy atom. The second-order valence-corrected chi connectivity index (χ2v) is 7.27. The number of amides is 1. The second-order valence-electron chi connectivity index (χ2n) is 7.27. The topological polar surface area (TPSA) is 49.8 Å². The van der Waals surface area contributed by atoms with E-state index in [1.54, 1.807) is 0 Å². The second kappa shape index (κ2) is 7.66. The normalized spacial score (nSPS) is 28.5. The predicted molar refractivity (Wildman–Crippen MR) is 93.4 cm³/mol. The third-order valence-corrected chi connectivity index (χ3v) is 5.95. The maximum Gasteiger partial charge on any atom is 0.223 e. The van der Waals surface area contributed by atoms with Gasteiger partial charge in [0.05, 0.1) is 13.2 Å². The van der Waals surface area contributed by atoms with Crippen LogP contribution in [0.4, 0.5) is 0 Å². The van der Waals surface area contributed by atoms with Gasteiger partial charge in [0.1, 0.15) is 0 Å².